The van der Waals surface area contributed by atoms with Gasteiger partial charge in [-0.3, -0.25) is 10.1 Å². The number of rotatable bonds is 5. The summed E-state index contributed by atoms with van der Waals surface area (Å²) in [6.07, 6.45) is 0. The van der Waals surface area contributed by atoms with Crippen molar-refractivity contribution in [3.05, 3.63) is 58.1 Å². The molecule has 0 aliphatic carbocycles. The second-order valence-corrected chi connectivity index (χ2v) is 4.04. The lowest BCUT2D eigenvalue weighted by molar-refractivity contribution is -0.384. The Balaban J connectivity index is 2.30. The van der Waals surface area contributed by atoms with Crippen LogP contribution in [0.15, 0.2) is 42.5 Å². The number of nitrogens with two attached hydrogens (primary N) is 1. The van der Waals surface area contributed by atoms with E-state index in [0.29, 0.717) is 23.8 Å². The summed E-state index contributed by atoms with van der Waals surface area (Å²) in [6, 6.07) is 11.4. The van der Waals surface area contributed by atoms with Gasteiger partial charge in [-0.15, -0.1) is 0 Å². The maximum Gasteiger partial charge on any atom is 0.273 e. The molecule has 0 saturated carbocycles. The molecule has 0 aliphatic heterocycles. The average molecular weight is 274 g/mol. The van der Waals surface area contributed by atoms with Crippen molar-refractivity contribution < 1.29 is 14.4 Å². The van der Waals surface area contributed by atoms with E-state index in [2.05, 4.69) is 0 Å². The van der Waals surface area contributed by atoms with Crippen molar-refractivity contribution in [2.75, 3.05) is 7.11 Å². The maximum atomic E-state index is 10.8. The van der Waals surface area contributed by atoms with Crippen molar-refractivity contribution in [3.63, 3.8) is 0 Å². The number of hydrogen-bond donors (Lipinski definition) is 1. The molecule has 6 nitrogen and oxygen atoms in total. The quantitative estimate of drug-likeness (QED) is 0.669. The molecule has 0 heterocycles. The first-order valence-corrected chi connectivity index (χ1v) is 5.93. The first-order valence-electron chi connectivity index (χ1n) is 5.93. The molecule has 2 N–H and O–H groups in total. The van der Waals surface area contributed by atoms with E-state index in [0.717, 1.165) is 5.56 Å². The minimum atomic E-state index is -0.482. The first kappa shape index (κ1) is 13.8. The van der Waals surface area contributed by atoms with Crippen LogP contribution in [0.5, 0.6) is 17.2 Å². The van der Waals surface area contributed by atoms with E-state index in [1.165, 1.54) is 25.3 Å². The average Bonchev–Trinajstić information content (AvgIpc) is 2.48. The Morgan fingerprint density at radius 1 is 1.15 bits per heavy atom. The smallest absolute Gasteiger partial charge is 0.273 e. The first-order chi connectivity index (χ1) is 9.63. The van der Waals surface area contributed by atoms with Crippen molar-refractivity contribution in [1.82, 2.24) is 0 Å². The van der Waals surface area contributed by atoms with Crippen LogP contribution >= 0.6 is 0 Å². The molecule has 0 spiro atoms. The van der Waals surface area contributed by atoms with Gasteiger partial charge >= 0.3 is 0 Å². The predicted octanol–water partition coefficient (Wildman–Crippen LogP) is 2.85. The Hall–Kier alpha value is -2.60. The number of nitro groups is 1. The number of nitrogens with zero attached hydrogens (tertiary/aromatic N) is 1. The van der Waals surface area contributed by atoms with E-state index >= 15 is 0 Å². The second kappa shape index (κ2) is 6.03. The van der Waals surface area contributed by atoms with E-state index in [4.69, 9.17) is 15.2 Å². The highest BCUT2D eigenvalue weighted by atomic mass is 16.6. The molecule has 0 amide bonds. The summed E-state index contributed by atoms with van der Waals surface area (Å²) in [4.78, 5) is 10.3. The van der Waals surface area contributed by atoms with Gasteiger partial charge in [0.25, 0.3) is 5.69 Å². The number of non-ortho nitro benzene ring substituents is 1. The summed E-state index contributed by atoms with van der Waals surface area (Å²) < 4.78 is 10.8. The zero-order valence-corrected chi connectivity index (χ0v) is 10.9. The third kappa shape index (κ3) is 3.04. The third-order valence-electron chi connectivity index (χ3n) is 2.74. The van der Waals surface area contributed by atoms with Gasteiger partial charge in [0.15, 0.2) is 11.5 Å². The minimum absolute atomic E-state index is 0.0561. The third-order valence-corrected chi connectivity index (χ3v) is 2.74. The zero-order valence-electron chi connectivity index (χ0n) is 10.9. The van der Waals surface area contributed by atoms with Crippen molar-refractivity contribution >= 4 is 5.69 Å². The zero-order chi connectivity index (χ0) is 14.5. The molecular formula is C14H14N2O4. The highest BCUT2D eigenvalue weighted by Crippen LogP contribution is 2.34. The lowest BCUT2D eigenvalue weighted by Crippen LogP contribution is -1.96. The fourth-order valence-corrected chi connectivity index (χ4v) is 1.68. The second-order valence-electron chi connectivity index (χ2n) is 4.04. The summed E-state index contributed by atoms with van der Waals surface area (Å²) in [5.41, 5.74) is 6.43. The Kier molecular flexibility index (Phi) is 4.17. The van der Waals surface area contributed by atoms with Gasteiger partial charge in [-0.1, -0.05) is 12.1 Å². The molecule has 0 aliphatic rings. The van der Waals surface area contributed by atoms with Crippen LogP contribution in [0.1, 0.15) is 5.56 Å². The maximum absolute atomic E-state index is 10.8. The Morgan fingerprint density at radius 2 is 1.85 bits per heavy atom. The lowest BCUT2D eigenvalue weighted by Gasteiger charge is -2.10. The standard InChI is InChI=1S/C14H14N2O4/c1-19-13-7-4-11(16(17)18)8-14(13)20-12-5-2-10(9-15)3-6-12/h2-8H,9,15H2,1H3. The predicted molar refractivity (Wildman–Crippen MR) is 74.1 cm³/mol. The molecule has 0 radical (unpaired) electrons. The van der Waals surface area contributed by atoms with Crippen LogP contribution < -0.4 is 15.2 Å². The molecule has 0 aromatic heterocycles. The van der Waals surface area contributed by atoms with Gasteiger partial charge in [0.05, 0.1) is 18.1 Å². The van der Waals surface area contributed by atoms with E-state index in [-0.39, 0.29) is 5.69 Å². The van der Waals surface area contributed by atoms with Gasteiger partial charge in [-0.25, -0.2) is 0 Å². The van der Waals surface area contributed by atoms with Crippen LogP contribution in [0.25, 0.3) is 0 Å². The molecule has 0 atom stereocenters. The van der Waals surface area contributed by atoms with Gasteiger partial charge < -0.3 is 15.2 Å². The summed E-state index contributed by atoms with van der Waals surface area (Å²) in [5, 5.41) is 10.8. The molecular weight excluding hydrogens is 260 g/mol. The van der Waals surface area contributed by atoms with E-state index in [1.54, 1.807) is 12.1 Å². The Bertz CT molecular complexity index is 611. The fourth-order valence-electron chi connectivity index (χ4n) is 1.68. The molecule has 0 unspecified atom stereocenters. The van der Waals surface area contributed by atoms with Crippen LogP contribution in [0.3, 0.4) is 0 Å². The number of hydrogen-bond acceptors (Lipinski definition) is 5. The van der Waals surface area contributed by atoms with Crippen LogP contribution in [0, 0.1) is 10.1 Å². The molecule has 2 rings (SSSR count). The van der Waals surface area contributed by atoms with E-state index in [9.17, 15) is 10.1 Å². The van der Waals surface area contributed by atoms with Crippen molar-refractivity contribution in [2.24, 2.45) is 5.73 Å². The molecule has 104 valence electrons. The Morgan fingerprint density at radius 3 is 2.40 bits per heavy atom. The summed E-state index contributed by atoms with van der Waals surface area (Å²) >= 11 is 0. The normalized spacial score (nSPS) is 10.1. The van der Waals surface area contributed by atoms with Crippen LogP contribution in [-0.2, 0) is 6.54 Å². The van der Waals surface area contributed by atoms with Crippen LogP contribution in [0.4, 0.5) is 5.69 Å². The monoisotopic (exact) mass is 274 g/mol. The molecule has 0 fully saturated rings. The summed E-state index contributed by atoms with van der Waals surface area (Å²) in [6.45, 7) is 0.445. The van der Waals surface area contributed by atoms with Gasteiger partial charge in [0.2, 0.25) is 0 Å². The topological polar surface area (TPSA) is 87.6 Å². The molecule has 0 bridgehead atoms. The van der Waals surface area contributed by atoms with Gasteiger partial charge in [0.1, 0.15) is 5.75 Å². The van der Waals surface area contributed by atoms with Crippen molar-refractivity contribution in [3.8, 4) is 17.2 Å². The fraction of sp³-hybridized carbons (Fsp3) is 0.143. The molecule has 2 aromatic rings. The van der Waals surface area contributed by atoms with E-state index < -0.39 is 4.92 Å². The van der Waals surface area contributed by atoms with E-state index in [1.807, 2.05) is 12.1 Å². The van der Waals surface area contributed by atoms with Crippen molar-refractivity contribution in [2.45, 2.75) is 6.54 Å². The number of ether oxygens (including phenoxy) is 2. The SMILES string of the molecule is COc1ccc([N+](=O)[O-])cc1Oc1ccc(CN)cc1. The summed E-state index contributed by atoms with van der Waals surface area (Å²) in [5.74, 6) is 1.28. The highest BCUT2D eigenvalue weighted by molar-refractivity contribution is 5.50. The number of benzene rings is 2. The van der Waals surface area contributed by atoms with Crippen LogP contribution in [0.2, 0.25) is 0 Å². The van der Waals surface area contributed by atoms with Gasteiger partial charge in [0, 0.05) is 12.6 Å². The molecule has 6 heteroatoms. The van der Waals surface area contributed by atoms with Gasteiger partial charge in [-0.2, -0.15) is 0 Å². The molecule has 2 aromatic carbocycles. The largest absolute Gasteiger partial charge is 0.493 e. The number of nitro benzene ring substituents is 1. The van der Waals surface area contributed by atoms with Crippen LogP contribution in [-0.4, -0.2) is 12.0 Å². The van der Waals surface area contributed by atoms with Gasteiger partial charge in [-0.05, 0) is 23.8 Å². The Labute approximate surface area is 115 Å². The minimum Gasteiger partial charge on any atom is -0.493 e. The molecule has 0 saturated heterocycles. The summed E-state index contributed by atoms with van der Waals surface area (Å²) in [7, 11) is 1.48. The molecule has 20 heavy (non-hydrogen) atoms. The lowest BCUT2D eigenvalue weighted by atomic mass is 10.2. The van der Waals surface area contributed by atoms with Crippen molar-refractivity contribution in [1.29, 1.82) is 0 Å². The highest BCUT2D eigenvalue weighted by Gasteiger charge is 2.13. The number of methoxy groups -OCH3 is 1.